The first-order valence-electron chi connectivity index (χ1n) is 5.60. The summed E-state index contributed by atoms with van der Waals surface area (Å²) < 4.78 is 0. The number of hydrogen-bond donors (Lipinski definition) is 2. The average Bonchev–Trinajstić information content (AvgIpc) is 2.36. The number of halogens is 1. The maximum Gasteiger partial charge on any atom is 0.255 e. The van der Waals surface area contributed by atoms with Crippen LogP contribution in [0.2, 0.25) is 0 Å². The number of amides is 1. The molecule has 0 radical (unpaired) electrons. The summed E-state index contributed by atoms with van der Waals surface area (Å²) in [5, 5.41) is 13.2. The SMILES string of the molecule is CCC(CC)(CBr)NC(=O)c1ccncc1O. The van der Waals surface area contributed by atoms with Gasteiger partial charge in [-0.3, -0.25) is 9.78 Å². The molecule has 4 nitrogen and oxygen atoms in total. The van der Waals surface area contributed by atoms with Crippen molar-refractivity contribution in [3.05, 3.63) is 24.0 Å². The molecule has 0 bridgehead atoms. The van der Waals surface area contributed by atoms with E-state index in [0.717, 1.165) is 12.8 Å². The lowest BCUT2D eigenvalue weighted by Crippen LogP contribution is -2.49. The van der Waals surface area contributed by atoms with Gasteiger partial charge in [-0.1, -0.05) is 29.8 Å². The van der Waals surface area contributed by atoms with Gasteiger partial charge in [-0.05, 0) is 18.9 Å². The van der Waals surface area contributed by atoms with E-state index in [9.17, 15) is 9.90 Å². The van der Waals surface area contributed by atoms with Crippen molar-refractivity contribution in [2.24, 2.45) is 0 Å². The maximum absolute atomic E-state index is 12.0. The lowest BCUT2D eigenvalue weighted by molar-refractivity contribution is 0.0901. The first kappa shape index (κ1) is 14.0. The van der Waals surface area contributed by atoms with E-state index < -0.39 is 0 Å². The lowest BCUT2D eigenvalue weighted by atomic mass is 9.95. The van der Waals surface area contributed by atoms with Crippen molar-refractivity contribution in [3.63, 3.8) is 0 Å². The van der Waals surface area contributed by atoms with Gasteiger partial charge in [0, 0.05) is 17.1 Å². The fourth-order valence-corrected chi connectivity index (χ4v) is 2.47. The second-order valence-electron chi connectivity index (χ2n) is 3.97. The molecule has 1 aromatic rings. The topological polar surface area (TPSA) is 62.2 Å². The molecule has 17 heavy (non-hydrogen) atoms. The molecular weight excluding hydrogens is 284 g/mol. The Kier molecular flexibility index (Phi) is 4.93. The van der Waals surface area contributed by atoms with E-state index >= 15 is 0 Å². The predicted octanol–water partition coefficient (Wildman–Crippen LogP) is 2.47. The summed E-state index contributed by atoms with van der Waals surface area (Å²) in [6.07, 6.45) is 4.41. The van der Waals surface area contributed by atoms with E-state index in [-0.39, 0.29) is 22.8 Å². The predicted molar refractivity (Wildman–Crippen MR) is 70.5 cm³/mol. The Morgan fingerprint density at radius 2 is 2.18 bits per heavy atom. The second kappa shape index (κ2) is 6.00. The molecule has 1 rings (SSSR count). The van der Waals surface area contributed by atoms with Crippen LogP contribution < -0.4 is 5.32 Å². The number of alkyl halides is 1. The molecule has 0 saturated heterocycles. The molecule has 5 heteroatoms. The van der Waals surface area contributed by atoms with Gasteiger partial charge in [-0.25, -0.2) is 0 Å². The van der Waals surface area contributed by atoms with Gasteiger partial charge in [0.15, 0.2) is 0 Å². The lowest BCUT2D eigenvalue weighted by Gasteiger charge is -2.30. The number of hydrogen-bond acceptors (Lipinski definition) is 3. The van der Waals surface area contributed by atoms with E-state index in [0.29, 0.717) is 5.33 Å². The van der Waals surface area contributed by atoms with E-state index in [2.05, 4.69) is 26.2 Å². The highest BCUT2D eigenvalue weighted by molar-refractivity contribution is 9.09. The van der Waals surface area contributed by atoms with Crippen LogP contribution in [0.4, 0.5) is 0 Å². The van der Waals surface area contributed by atoms with Gasteiger partial charge in [-0.2, -0.15) is 0 Å². The Morgan fingerprint density at radius 3 is 2.65 bits per heavy atom. The average molecular weight is 301 g/mol. The van der Waals surface area contributed by atoms with Crippen LogP contribution in [0.25, 0.3) is 0 Å². The first-order chi connectivity index (χ1) is 8.08. The van der Waals surface area contributed by atoms with Crippen molar-refractivity contribution < 1.29 is 9.90 Å². The number of carbonyl (C=O) groups is 1. The molecule has 0 unspecified atom stereocenters. The van der Waals surface area contributed by atoms with Crippen LogP contribution in [0, 0.1) is 0 Å². The van der Waals surface area contributed by atoms with Gasteiger partial charge in [-0.15, -0.1) is 0 Å². The highest BCUT2D eigenvalue weighted by Crippen LogP contribution is 2.21. The third-order valence-corrected chi connectivity index (χ3v) is 4.11. The number of aromatic hydroxyl groups is 1. The highest BCUT2D eigenvalue weighted by Gasteiger charge is 2.27. The minimum atomic E-state index is -0.271. The highest BCUT2D eigenvalue weighted by atomic mass is 79.9. The molecule has 0 aliphatic carbocycles. The maximum atomic E-state index is 12.0. The summed E-state index contributed by atoms with van der Waals surface area (Å²) in [4.78, 5) is 15.8. The van der Waals surface area contributed by atoms with Crippen LogP contribution in [-0.4, -0.2) is 26.9 Å². The van der Waals surface area contributed by atoms with Crippen LogP contribution in [0.5, 0.6) is 5.75 Å². The van der Waals surface area contributed by atoms with E-state index in [4.69, 9.17) is 0 Å². The molecule has 2 N–H and O–H groups in total. The standard InChI is InChI=1S/C12H17BrN2O2/c1-3-12(4-2,8-13)15-11(17)9-5-6-14-7-10(9)16/h5-7,16H,3-4,8H2,1-2H3,(H,15,17). The first-order valence-corrected chi connectivity index (χ1v) is 6.72. The molecule has 94 valence electrons. The van der Waals surface area contributed by atoms with Gasteiger partial charge in [0.05, 0.1) is 11.8 Å². The van der Waals surface area contributed by atoms with Crippen molar-refractivity contribution in [2.75, 3.05) is 5.33 Å². The summed E-state index contributed by atoms with van der Waals surface area (Å²) in [7, 11) is 0. The van der Waals surface area contributed by atoms with Crippen molar-refractivity contribution in [2.45, 2.75) is 32.2 Å². The number of nitrogens with one attached hydrogen (secondary N) is 1. The summed E-state index contributed by atoms with van der Waals surface area (Å²) in [6.45, 7) is 4.05. The van der Waals surface area contributed by atoms with E-state index in [1.165, 1.54) is 18.5 Å². The summed E-state index contributed by atoms with van der Waals surface area (Å²) in [5.41, 5.74) is -0.0143. The molecule has 0 saturated carbocycles. The van der Waals surface area contributed by atoms with Gasteiger partial charge in [0.2, 0.25) is 0 Å². The molecule has 1 aromatic heterocycles. The quantitative estimate of drug-likeness (QED) is 0.821. The monoisotopic (exact) mass is 300 g/mol. The third kappa shape index (κ3) is 3.19. The number of pyridine rings is 1. The number of aromatic nitrogens is 1. The fourth-order valence-electron chi connectivity index (χ4n) is 1.54. The van der Waals surface area contributed by atoms with Crippen molar-refractivity contribution in [3.8, 4) is 5.75 Å². The van der Waals surface area contributed by atoms with E-state index in [1.54, 1.807) is 0 Å². The molecule has 0 atom stereocenters. The summed E-state index contributed by atoms with van der Waals surface area (Å²) in [5.74, 6) is -0.367. The van der Waals surface area contributed by atoms with Gasteiger partial charge in [0.1, 0.15) is 5.75 Å². The van der Waals surface area contributed by atoms with Crippen LogP contribution in [0.3, 0.4) is 0 Å². The number of rotatable bonds is 5. The second-order valence-corrected chi connectivity index (χ2v) is 4.53. The molecule has 0 aliphatic heterocycles. The van der Waals surface area contributed by atoms with Crippen molar-refractivity contribution >= 4 is 21.8 Å². The summed E-state index contributed by atoms with van der Waals surface area (Å²) in [6, 6.07) is 1.51. The zero-order valence-electron chi connectivity index (χ0n) is 10.0. The zero-order chi connectivity index (χ0) is 12.9. The normalized spacial score (nSPS) is 11.2. The third-order valence-electron chi connectivity index (χ3n) is 3.03. The Bertz CT molecular complexity index is 384. The van der Waals surface area contributed by atoms with Crippen LogP contribution in [0.1, 0.15) is 37.0 Å². The van der Waals surface area contributed by atoms with Crippen molar-refractivity contribution in [1.82, 2.24) is 10.3 Å². The molecule has 0 fully saturated rings. The number of nitrogens with zero attached hydrogens (tertiary/aromatic N) is 1. The molecule has 0 aromatic carbocycles. The molecule has 1 amide bonds. The Balaban J connectivity index is 2.89. The zero-order valence-corrected chi connectivity index (χ0v) is 11.6. The molecule has 1 heterocycles. The van der Waals surface area contributed by atoms with Crippen LogP contribution in [-0.2, 0) is 0 Å². The Hall–Kier alpha value is -1.10. The van der Waals surface area contributed by atoms with Gasteiger partial charge >= 0.3 is 0 Å². The Labute approximate surface area is 110 Å². The fraction of sp³-hybridized carbons (Fsp3) is 0.500. The smallest absolute Gasteiger partial charge is 0.255 e. The minimum absolute atomic E-state index is 0.0966. The van der Waals surface area contributed by atoms with Crippen LogP contribution >= 0.6 is 15.9 Å². The summed E-state index contributed by atoms with van der Waals surface area (Å²) >= 11 is 3.42. The van der Waals surface area contributed by atoms with Gasteiger partial charge < -0.3 is 10.4 Å². The van der Waals surface area contributed by atoms with Crippen LogP contribution in [0.15, 0.2) is 18.5 Å². The molecule has 0 aliphatic rings. The van der Waals surface area contributed by atoms with E-state index in [1.807, 2.05) is 13.8 Å². The number of carbonyl (C=O) groups excluding carboxylic acids is 1. The largest absolute Gasteiger partial charge is 0.505 e. The van der Waals surface area contributed by atoms with Gasteiger partial charge in [0.25, 0.3) is 5.91 Å². The van der Waals surface area contributed by atoms with Crippen molar-refractivity contribution in [1.29, 1.82) is 0 Å². The Morgan fingerprint density at radius 1 is 1.53 bits per heavy atom. The molecular formula is C12H17BrN2O2. The minimum Gasteiger partial charge on any atom is -0.505 e. The molecule has 0 spiro atoms.